The third-order valence-electron chi connectivity index (χ3n) is 4.08. The number of aryl methyl sites for hydroxylation is 1. The smallest absolute Gasteiger partial charge is 0.0391 e. The molecule has 100 valence electrons. The molecule has 1 aliphatic heterocycles. The molecule has 2 heteroatoms. The first-order valence-electron chi connectivity index (χ1n) is 7.10. The third-order valence-corrected chi connectivity index (χ3v) is 4.08. The Kier molecular flexibility index (Phi) is 4.41. The van der Waals surface area contributed by atoms with E-state index in [1.54, 1.807) is 0 Å². The monoisotopic (exact) mass is 246 g/mol. The summed E-state index contributed by atoms with van der Waals surface area (Å²) in [6.45, 7) is 9.14. The summed E-state index contributed by atoms with van der Waals surface area (Å²) in [7, 11) is 2.06. The Balaban J connectivity index is 2.28. The van der Waals surface area contributed by atoms with Gasteiger partial charge in [-0.1, -0.05) is 29.8 Å². The molecule has 1 aromatic carbocycles. The van der Waals surface area contributed by atoms with Gasteiger partial charge in [0.1, 0.15) is 0 Å². The maximum absolute atomic E-state index is 3.36. The molecule has 0 amide bonds. The van der Waals surface area contributed by atoms with Gasteiger partial charge in [0.15, 0.2) is 0 Å². The molecule has 1 fully saturated rings. The van der Waals surface area contributed by atoms with Crippen molar-refractivity contribution in [3.8, 4) is 0 Å². The summed E-state index contributed by atoms with van der Waals surface area (Å²) in [4.78, 5) is 2.65. The molecule has 18 heavy (non-hydrogen) atoms. The van der Waals surface area contributed by atoms with Crippen LogP contribution < -0.4 is 5.32 Å². The molecule has 1 heterocycles. The lowest BCUT2D eigenvalue weighted by Gasteiger charge is -2.32. The molecule has 1 aromatic rings. The quantitative estimate of drug-likeness (QED) is 0.878. The van der Waals surface area contributed by atoms with E-state index in [2.05, 4.69) is 62.3 Å². The van der Waals surface area contributed by atoms with E-state index in [1.165, 1.54) is 24.1 Å². The predicted molar refractivity (Wildman–Crippen MR) is 77.8 cm³/mol. The number of benzene rings is 1. The standard InChI is InChI=1S/C16H26N2/c1-12(2)18-9-8-15(11-17-4)16(18)14-7-5-6-13(3)10-14/h5-7,10,12,15-17H,8-9,11H2,1-4H3. The van der Waals surface area contributed by atoms with Crippen molar-refractivity contribution in [2.24, 2.45) is 5.92 Å². The van der Waals surface area contributed by atoms with Crippen LogP contribution in [0, 0.1) is 12.8 Å². The molecule has 0 aliphatic carbocycles. The van der Waals surface area contributed by atoms with Crippen LogP contribution in [0.25, 0.3) is 0 Å². The SMILES string of the molecule is CNCC1CCN(C(C)C)C1c1cccc(C)c1. The summed E-state index contributed by atoms with van der Waals surface area (Å²) in [5, 5.41) is 3.36. The minimum absolute atomic E-state index is 0.581. The maximum Gasteiger partial charge on any atom is 0.0391 e. The second-order valence-corrected chi connectivity index (χ2v) is 5.80. The van der Waals surface area contributed by atoms with Crippen LogP contribution in [0.4, 0.5) is 0 Å². The summed E-state index contributed by atoms with van der Waals surface area (Å²) in [6, 6.07) is 10.2. The number of likely N-dealkylation sites (tertiary alicyclic amines) is 1. The van der Waals surface area contributed by atoms with Crippen molar-refractivity contribution in [2.75, 3.05) is 20.1 Å². The van der Waals surface area contributed by atoms with Crippen LogP contribution in [0.3, 0.4) is 0 Å². The lowest BCUT2D eigenvalue weighted by Crippen LogP contribution is -2.33. The van der Waals surface area contributed by atoms with Gasteiger partial charge in [0, 0.05) is 12.1 Å². The summed E-state index contributed by atoms with van der Waals surface area (Å²) in [5.74, 6) is 0.735. The summed E-state index contributed by atoms with van der Waals surface area (Å²) >= 11 is 0. The molecule has 1 N–H and O–H groups in total. The van der Waals surface area contributed by atoms with Gasteiger partial charge in [0.05, 0.1) is 0 Å². The average Bonchev–Trinajstić information content (AvgIpc) is 2.73. The molecular formula is C16H26N2. The second-order valence-electron chi connectivity index (χ2n) is 5.80. The van der Waals surface area contributed by atoms with Crippen molar-refractivity contribution in [3.05, 3.63) is 35.4 Å². The van der Waals surface area contributed by atoms with Crippen molar-refractivity contribution in [1.82, 2.24) is 10.2 Å². The van der Waals surface area contributed by atoms with Crippen molar-refractivity contribution in [1.29, 1.82) is 0 Å². The Morgan fingerprint density at radius 2 is 2.17 bits per heavy atom. The van der Waals surface area contributed by atoms with Crippen LogP contribution in [0.1, 0.15) is 37.4 Å². The van der Waals surface area contributed by atoms with E-state index in [0.29, 0.717) is 12.1 Å². The number of hydrogen-bond acceptors (Lipinski definition) is 2. The molecule has 2 unspecified atom stereocenters. The zero-order chi connectivity index (χ0) is 13.1. The molecule has 0 aromatic heterocycles. The minimum Gasteiger partial charge on any atom is -0.319 e. The van der Waals surface area contributed by atoms with Gasteiger partial charge in [-0.05, 0) is 58.8 Å². The van der Waals surface area contributed by atoms with E-state index in [9.17, 15) is 0 Å². The zero-order valence-corrected chi connectivity index (χ0v) is 12.1. The van der Waals surface area contributed by atoms with Crippen molar-refractivity contribution in [3.63, 3.8) is 0 Å². The van der Waals surface area contributed by atoms with Gasteiger partial charge in [-0.25, -0.2) is 0 Å². The number of rotatable bonds is 4. The zero-order valence-electron chi connectivity index (χ0n) is 12.1. The van der Waals surface area contributed by atoms with Crippen molar-refractivity contribution < 1.29 is 0 Å². The Labute approximate surface area is 111 Å². The molecule has 2 nitrogen and oxygen atoms in total. The molecule has 0 bridgehead atoms. The molecule has 2 atom stereocenters. The van der Waals surface area contributed by atoms with Crippen molar-refractivity contribution in [2.45, 2.75) is 39.3 Å². The Morgan fingerprint density at radius 1 is 1.39 bits per heavy atom. The van der Waals surface area contributed by atoms with Crippen LogP contribution >= 0.6 is 0 Å². The van der Waals surface area contributed by atoms with E-state index in [1.807, 2.05) is 0 Å². The van der Waals surface area contributed by atoms with Gasteiger partial charge in [-0.15, -0.1) is 0 Å². The predicted octanol–water partition coefficient (Wildman–Crippen LogP) is 2.99. The lowest BCUT2D eigenvalue weighted by molar-refractivity contribution is 0.182. The maximum atomic E-state index is 3.36. The van der Waals surface area contributed by atoms with Gasteiger partial charge in [0.25, 0.3) is 0 Å². The molecule has 0 saturated carbocycles. The van der Waals surface area contributed by atoms with E-state index in [-0.39, 0.29) is 0 Å². The highest BCUT2D eigenvalue weighted by Gasteiger charge is 2.35. The molecule has 0 radical (unpaired) electrons. The van der Waals surface area contributed by atoms with Crippen molar-refractivity contribution >= 4 is 0 Å². The number of hydrogen-bond donors (Lipinski definition) is 1. The third kappa shape index (κ3) is 2.76. The number of nitrogens with one attached hydrogen (secondary N) is 1. The van der Waals surface area contributed by atoms with E-state index in [4.69, 9.17) is 0 Å². The summed E-state index contributed by atoms with van der Waals surface area (Å²) < 4.78 is 0. The topological polar surface area (TPSA) is 15.3 Å². The fraction of sp³-hybridized carbons (Fsp3) is 0.625. The first-order chi connectivity index (χ1) is 8.63. The van der Waals surface area contributed by atoms with Crippen LogP contribution in [-0.4, -0.2) is 31.1 Å². The van der Waals surface area contributed by atoms with Gasteiger partial charge >= 0.3 is 0 Å². The highest BCUT2D eigenvalue weighted by Crippen LogP contribution is 2.38. The van der Waals surface area contributed by atoms with Gasteiger partial charge in [0.2, 0.25) is 0 Å². The largest absolute Gasteiger partial charge is 0.319 e. The number of nitrogens with zero attached hydrogens (tertiary/aromatic N) is 1. The second kappa shape index (κ2) is 5.85. The summed E-state index contributed by atoms with van der Waals surface area (Å²) in [5.41, 5.74) is 2.85. The molecule has 1 saturated heterocycles. The molecule has 2 rings (SSSR count). The van der Waals surface area contributed by atoms with Crippen LogP contribution in [0.5, 0.6) is 0 Å². The van der Waals surface area contributed by atoms with E-state index in [0.717, 1.165) is 12.5 Å². The fourth-order valence-corrected chi connectivity index (χ4v) is 3.26. The highest BCUT2D eigenvalue weighted by atomic mass is 15.2. The lowest BCUT2D eigenvalue weighted by atomic mass is 9.92. The molecule has 0 spiro atoms. The normalized spacial score (nSPS) is 24.9. The van der Waals surface area contributed by atoms with Gasteiger partial charge < -0.3 is 5.32 Å². The summed E-state index contributed by atoms with van der Waals surface area (Å²) in [6.07, 6.45) is 1.30. The first kappa shape index (κ1) is 13.6. The molecule has 1 aliphatic rings. The van der Waals surface area contributed by atoms with E-state index >= 15 is 0 Å². The van der Waals surface area contributed by atoms with Gasteiger partial charge in [-0.2, -0.15) is 0 Å². The highest BCUT2D eigenvalue weighted by molar-refractivity contribution is 5.26. The Morgan fingerprint density at radius 3 is 2.78 bits per heavy atom. The Bertz CT molecular complexity index is 386. The van der Waals surface area contributed by atoms with Gasteiger partial charge in [-0.3, -0.25) is 4.90 Å². The van der Waals surface area contributed by atoms with E-state index < -0.39 is 0 Å². The van der Waals surface area contributed by atoms with Crippen LogP contribution in [0.15, 0.2) is 24.3 Å². The first-order valence-corrected chi connectivity index (χ1v) is 7.10. The fourth-order valence-electron chi connectivity index (χ4n) is 3.26. The molecular weight excluding hydrogens is 220 g/mol. The Hall–Kier alpha value is -0.860. The van der Waals surface area contributed by atoms with Crippen LogP contribution in [-0.2, 0) is 0 Å². The minimum atomic E-state index is 0.581. The van der Waals surface area contributed by atoms with Crippen LogP contribution in [0.2, 0.25) is 0 Å². The average molecular weight is 246 g/mol.